The van der Waals surface area contributed by atoms with Crippen molar-refractivity contribution in [3.8, 4) is 67.0 Å². The topological polar surface area (TPSA) is 28.7 Å². The fraction of sp³-hybridized carbons (Fsp3) is 0.0192. The maximum absolute atomic E-state index is 4.39. The number of rotatable bonds is 5. The molecule has 1 aliphatic heterocycles. The van der Waals surface area contributed by atoms with Gasteiger partial charge in [-0.15, -0.1) is 0 Å². The van der Waals surface area contributed by atoms with Crippen molar-refractivity contribution in [2.45, 2.75) is 15.2 Å². The highest BCUT2D eigenvalue weighted by molar-refractivity contribution is 7.99. The van der Waals surface area contributed by atoms with E-state index in [1.807, 2.05) is 30.2 Å². The molecule has 2 aliphatic rings. The summed E-state index contributed by atoms with van der Waals surface area (Å²) in [6.07, 6.45) is 3.73. The molecule has 1 aliphatic carbocycles. The first-order valence-electron chi connectivity index (χ1n) is 18.8. The molecule has 55 heavy (non-hydrogen) atoms. The predicted octanol–water partition coefficient (Wildman–Crippen LogP) is 13.6. The first-order valence-corrected chi connectivity index (χ1v) is 19.6. The van der Waals surface area contributed by atoms with E-state index in [0.29, 0.717) is 0 Å². The largest absolute Gasteiger partial charge is 0.354 e. The summed E-state index contributed by atoms with van der Waals surface area (Å²) in [5.74, 6) is 0. The molecule has 11 rings (SSSR count). The van der Waals surface area contributed by atoms with E-state index in [-0.39, 0.29) is 0 Å². The van der Waals surface area contributed by atoms with Gasteiger partial charge in [0.1, 0.15) is 0 Å². The smallest absolute Gasteiger partial charge is 0.0735 e. The van der Waals surface area contributed by atoms with Gasteiger partial charge >= 0.3 is 0 Å². The van der Waals surface area contributed by atoms with Crippen molar-refractivity contribution in [1.29, 1.82) is 0 Å². The van der Waals surface area contributed by atoms with Crippen LogP contribution in [0.4, 0.5) is 0 Å². The predicted molar refractivity (Wildman–Crippen MR) is 227 cm³/mol. The summed E-state index contributed by atoms with van der Waals surface area (Å²) < 4.78 is 0. The average Bonchev–Trinajstić information content (AvgIpc) is 3.84. The molecule has 0 radical (unpaired) electrons. The number of hydrogen-bond donors (Lipinski definition) is 1. The van der Waals surface area contributed by atoms with E-state index in [2.05, 4.69) is 192 Å². The quantitative estimate of drug-likeness (QED) is 0.192. The van der Waals surface area contributed by atoms with Crippen LogP contribution in [0.1, 0.15) is 22.3 Å². The normalized spacial score (nSPS) is 13.2. The Morgan fingerprint density at radius 1 is 0.400 bits per heavy atom. The van der Waals surface area contributed by atoms with E-state index >= 15 is 0 Å². The molecule has 9 aromatic rings. The summed E-state index contributed by atoms with van der Waals surface area (Å²) in [5.41, 5.74) is 19.2. The molecule has 258 valence electrons. The molecule has 0 atom stereocenters. The molecule has 1 spiro atoms. The lowest BCUT2D eigenvalue weighted by Crippen LogP contribution is -2.31. The van der Waals surface area contributed by atoms with Crippen molar-refractivity contribution in [2.24, 2.45) is 0 Å². The van der Waals surface area contributed by atoms with Crippen LogP contribution in [0.15, 0.2) is 210 Å². The van der Waals surface area contributed by atoms with Crippen LogP contribution in [0, 0.1) is 0 Å². The zero-order chi connectivity index (χ0) is 36.3. The minimum atomic E-state index is -0.395. The van der Waals surface area contributed by atoms with Crippen LogP contribution in [0.3, 0.4) is 0 Å². The van der Waals surface area contributed by atoms with Crippen molar-refractivity contribution in [3.63, 3.8) is 0 Å². The fourth-order valence-corrected chi connectivity index (χ4v) is 10.3. The second-order valence-electron chi connectivity index (χ2n) is 14.4. The van der Waals surface area contributed by atoms with Crippen molar-refractivity contribution in [2.75, 3.05) is 0 Å². The van der Waals surface area contributed by atoms with Crippen LogP contribution in [-0.4, -0.2) is 9.97 Å². The van der Waals surface area contributed by atoms with E-state index < -0.39 is 5.41 Å². The molecular formula is C52H34N2S. The van der Waals surface area contributed by atoms with Crippen LogP contribution >= 0.6 is 11.8 Å². The van der Waals surface area contributed by atoms with Gasteiger partial charge in [0.2, 0.25) is 0 Å². The highest BCUT2D eigenvalue weighted by Crippen LogP contribution is 2.63. The van der Waals surface area contributed by atoms with Crippen molar-refractivity contribution in [1.82, 2.24) is 9.97 Å². The summed E-state index contributed by atoms with van der Waals surface area (Å²) in [5, 5.41) is 0. The first kappa shape index (κ1) is 31.8. The molecule has 0 saturated heterocycles. The Labute approximate surface area is 325 Å². The molecule has 3 heterocycles. The fourth-order valence-electron chi connectivity index (χ4n) is 9.07. The summed E-state index contributed by atoms with van der Waals surface area (Å²) in [7, 11) is 0. The van der Waals surface area contributed by atoms with Crippen molar-refractivity contribution in [3.05, 3.63) is 223 Å². The Morgan fingerprint density at radius 2 is 0.964 bits per heavy atom. The van der Waals surface area contributed by atoms with Crippen molar-refractivity contribution >= 4 is 11.8 Å². The maximum atomic E-state index is 4.39. The molecule has 2 aromatic heterocycles. The Balaban J connectivity index is 1.06. The van der Waals surface area contributed by atoms with Gasteiger partial charge in [-0.05, 0) is 109 Å². The molecule has 0 amide bonds. The zero-order valence-electron chi connectivity index (χ0n) is 29.9. The number of benzene rings is 7. The molecule has 0 bridgehead atoms. The van der Waals surface area contributed by atoms with Gasteiger partial charge in [0.15, 0.2) is 0 Å². The monoisotopic (exact) mass is 718 g/mol. The minimum absolute atomic E-state index is 0.395. The van der Waals surface area contributed by atoms with Gasteiger partial charge in [0.25, 0.3) is 0 Å². The summed E-state index contributed by atoms with van der Waals surface area (Å²) in [6.45, 7) is 0. The van der Waals surface area contributed by atoms with Gasteiger partial charge < -0.3 is 4.98 Å². The number of hydrogen-bond acceptors (Lipinski definition) is 2. The third-order valence-corrected chi connectivity index (χ3v) is 12.6. The van der Waals surface area contributed by atoms with Gasteiger partial charge in [0.05, 0.1) is 11.1 Å². The van der Waals surface area contributed by atoms with Crippen LogP contribution in [0.5, 0.6) is 0 Å². The van der Waals surface area contributed by atoms with Gasteiger partial charge in [-0.1, -0.05) is 157 Å². The van der Waals surface area contributed by atoms with Crippen LogP contribution < -0.4 is 0 Å². The SMILES string of the molecule is c1ccc(-c2cc(-c3cccnc3)[nH]c2-c2cccc(-c3cccc(-c4cccc5c4-c4ccccc4C54c5ccccc5Sc5ccccc54)c3)c2)cc1. The molecule has 1 N–H and O–H groups in total. The molecule has 7 aromatic carbocycles. The number of nitrogens with zero attached hydrogens (tertiary/aromatic N) is 1. The minimum Gasteiger partial charge on any atom is -0.354 e. The number of pyridine rings is 1. The standard InChI is InChI=1S/C52H34N2S/c1-2-14-34(15-3-1)42-32-47(39-20-13-29-53-33-39)54-51(42)38-19-11-17-36(31-38)35-16-10-18-37(30-35)40-22-12-26-46-50(40)41-21-4-5-23-43(41)52(46)44-24-6-8-27-48(44)55-49-28-9-7-25-45(49)52/h1-33,54H. The molecule has 2 nitrogen and oxygen atoms in total. The van der Waals surface area contributed by atoms with Gasteiger partial charge in [-0.2, -0.15) is 0 Å². The zero-order valence-corrected chi connectivity index (χ0v) is 30.7. The average molecular weight is 719 g/mol. The third kappa shape index (κ3) is 4.94. The van der Waals surface area contributed by atoms with Gasteiger partial charge in [-0.25, -0.2) is 0 Å². The van der Waals surface area contributed by atoms with E-state index in [0.717, 1.165) is 22.5 Å². The molecule has 0 fully saturated rings. The lowest BCUT2D eigenvalue weighted by molar-refractivity contribution is 0.722. The third-order valence-electron chi connectivity index (χ3n) is 11.4. The van der Waals surface area contributed by atoms with Crippen molar-refractivity contribution < 1.29 is 0 Å². The summed E-state index contributed by atoms with van der Waals surface area (Å²) in [6, 6.07) is 69.0. The molecular weight excluding hydrogens is 685 g/mol. The first-order chi connectivity index (χ1) is 27.3. The Kier molecular flexibility index (Phi) is 7.36. The number of aromatic nitrogens is 2. The van der Waals surface area contributed by atoms with Gasteiger partial charge in [-0.3, -0.25) is 4.98 Å². The molecule has 0 unspecified atom stereocenters. The highest BCUT2D eigenvalue weighted by atomic mass is 32.2. The lowest BCUT2D eigenvalue weighted by Gasteiger charge is -2.39. The molecule has 0 saturated carbocycles. The van der Waals surface area contributed by atoms with Crippen LogP contribution in [-0.2, 0) is 5.41 Å². The second kappa shape index (κ2) is 12.7. The lowest BCUT2D eigenvalue weighted by atomic mass is 9.67. The van der Waals surface area contributed by atoms with E-state index in [9.17, 15) is 0 Å². The van der Waals surface area contributed by atoms with Crippen LogP contribution in [0.2, 0.25) is 0 Å². The number of H-pyrrole nitrogens is 1. The number of nitrogens with one attached hydrogen (secondary N) is 1. The van der Waals surface area contributed by atoms with Gasteiger partial charge in [0, 0.05) is 39.0 Å². The van der Waals surface area contributed by atoms with E-state index in [4.69, 9.17) is 0 Å². The summed E-state index contributed by atoms with van der Waals surface area (Å²) in [4.78, 5) is 10.8. The highest BCUT2D eigenvalue weighted by Gasteiger charge is 2.50. The Hall–Kier alpha value is -6.68. The number of fused-ring (bicyclic) bond motifs is 9. The molecule has 3 heteroatoms. The number of aromatic amines is 1. The van der Waals surface area contributed by atoms with E-state index in [1.165, 1.54) is 76.6 Å². The summed E-state index contributed by atoms with van der Waals surface area (Å²) >= 11 is 1.89. The van der Waals surface area contributed by atoms with E-state index in [1.54, 1.807) is 0 Å². The van der Waals surface area contributed by atoms with Crippen LogP contribution in [0.25, 0.3) is 67.0 Å². The Morgan fingerprint density at radius 3 is 1.71 bits per heavy atom. The maximum Gasteiger partial charge on any atom is 0.0735 e. The Bertz CT molecular complexity index is 2860. The second-order valence-corrected chi connectivity index (χ2v) is 15.4.